The molecule has 0 aromatic heterocycles. The average molecular weight is 203 g/mol. The van der Waals surface area contributed by atoms with Gasteiger partial charge in [-0.15, -0.1) is 0 Å². The maximum atomic E-state index is 12.4. The predicted molar refractivity (Wildman–Crippen MR) is 48.9 cm³/mol. The minimum Gasteiger partial charge on any atom is -0.316 e. The van der Waals surface area contributed by atoms with E-state index < -0.39 is 12.2 Å². The second kappa shape index (κ2) is 3.61. The number of alkyl halides is 3. The van der Waals surface area contributed by atoms with Crippen LogP contribution in [-0.2, 0) is 0 Å². The SMILES string of the molecule is Cc1cccc(C)c1C(N)C(F)(F)F. The van der Waals surface area contributed by atoms with Crippen molar-refractivity contribution in [1.29, 1.82) is 0 Å². The first kappa shape index (κ1) is 11.0. The van der Waals surface area contributed by atoms with Crippen LogP contribution in [0, 0.1) is 13.8 Å². The Balaban J connectivity index is 3.19. The third-order valence-electron chi connectivity index (χ3n) is 2.21. The lowest BCUT2D eigenvalue weighted by molar-refractivity contribution is -0.149. The standard InChI is InChI=1S/C10H12F3N/c1-6-4-3-5-7(2)8(6)9(14)10(11,12)13/h3-5,9H,14H2,1-2H3. The van der Waals surface area contributed by atoms with Gasteiger partial charge in [0.15, 0.2) is 0 Å². The van der Waals surface area contributed by atoms with Crippen molar-refractivity contribution in [2.75, 3.05) is 0 Å². The molecule has 0 bridgehead atoms. The molecule has 0 fully saturated rings. The number of hydrogen-bond donors (Lipinski definition) is 1. The normalized spacial score (nSPS) is 14.1. The topological polar surface area (TPSA) is 26.0 Å². The van der Waals surface area contributed by atoms with Crippen LogP contribution in [0.3, 0.4) is 0 Å². The predicted octanol–water partition coefficient (Wildman–Crippen LogP) is 2.87. The largest absolute Gasteiger partial charge is 0.407 e. The molecule has 1 rings (SSSR count). The van der Waals surface area contributed by atoms with Gasteiger partial charge in [-0.2, -0.15) is 13.2 Å². The van der Waals surface area contributed by atoms with Gasteiger partial charge in [0.25, 0.3) is 0 Å². The highest BCUT2D eigenvalue weighted by atomic mass is 19.4. The van der Waals surface area contributed by atoms with Gasteiger partial charge in [-0.1, -0.05) is 18.2 Å². The minimum atomic E-state index is -4.38. The van der Waals surface area contributed by atoms with Gasteiger partial charge in [0.1, 0.15) is 6.04 Å². The van der Waals surface area contributed by atoms with Crippen molar-refractivity contribution in [3.05, 3.63) is 34.9 Å². The van der Waals surface area contributed by atoms with E-state index in [1.54, 1.807) is 32.0 Å². The first-order valence-corrected chi connectivity index (χ1v) is 4.22. The Kier molecular flexibility index (Phi) is 2.85. The summed E-state index contributed by atoms with van der Waals surface area (Å²) in [5.41, 5.74) is 6.49. The van der Waals surface area contributed by atoms with E-state index in [1.165, 1.54) is 0 Å². The lowest BCUT2D eigenvalue weighted by Crippen LogP contribution is -2.29. The molecule has 0 aliphatic heterocycles. The molecular weight excluding hydrogens is 191 g/mol. The summed E-state index contributed by atoms with van der Waals surface area (Å²) in [5.74, 6) is 0. The average Bonchev–Trinajstić information content (AvgIpc) is 2.01. The third kappa shape index (κ3) is 2.07. The van der Waals surface area contributed by atoms with Crippen molar-refractivity contribution in [3.63, 3.8) is 0 Å². The highest BCUT2D eigenvalue weighted by Gasteiger charge is 2.39. The molecule has 0 aliphatic carbocycles. The zero-order valence-corrected chi connectivity index (χ0v) is 8.02. The summed E-state index contributed by atoms with van der Waals surface area (Å²) >= 11 is 0. The molecule has 1 unspecified atom stereocenters. The number of aryl methyl sites for hydroxylation is 2. The fraction of sp³-hybridized carbons (Fsp3) is 0.400. The maximum absolute atomic E-state index is 12.4. The molecule has 78 valence electrons. The van der Waals surface area contributed by atoms with Crippen LogP contribution in [0.25, 0.3) is 0 Å². The zero-order valence-electron chi connectivity index (χ0n) is 8.02. The van der Waals surface area contributed by atoms with E-state index in [2.05, 4.69) is 0 Å². The van der Waals surface area contributed by atoms with Crippen molar-refractivity contribution in [2.24, 2.45) is 5.73 Å². The van der Waals surface area contributed by atoms with Crippen molar-refractivity contribution in [3.8, 4) is 0 Å². The Bertz CT molecular complexity index is 310. The second-order valence-corrected chi connectivity index (χ2v) is 3.32. The molecule has 4 heteroatoms. The molecular formula is C10H12F3N. The van der Waals surface area contributed by atoms with Crippen molar-refractivity contribution >= 4 is 0 Å². The number of nitrogens with two attached hydrogens (primary N) is 1. The van der Waals surface area contributed by atoms with Crippen LogP contribution in [0.4, 0.5) is 13.2 Å². The molecule has 0 radical (unpaired) electrons. The lowest BCUT2D eigenvalue weighted by Gasteiger charge is -2.19. The van der Waals surface area contributed by atoms with E-state index in [0.29, 0.717) is 11.1 Å². The van der Waals surface area contributed by atoms with E-state index in [-0.39, 0.29) is 5.56 Å². The Morgan fingerprint density at radius 2 is 1.57 bits per heavy atom. The minimum absolute atomic E-state index is 0.181. The first-order chi connectivity index (χ1) is 6.34. The van der Waals surface area contributed by atoms with Gasteiger partial charge >= 0.3 is 6.18 Å². The summed E-state index contributed by atoms with van der Waals surface area (Å²) in [6.07, 6.45) is -4.38. The van der Waals surface area contributed by atoms with E-state index in [9.17, 15) is 13.2 Å². The van der Waals surface area contributed by atoms with Crippen LogP contribution >= 0.6 is 0 Å². The molecule has 0 saturated heterocycles. The highest BCUT2D eigenvalue weighted by Crippen LogP contribution is 2.33. The smallest absolute Gasteiger partial charge is 0.316 e. The second-order valence-electron chi connectivity index (χ2n) is 3.32. The Labute approximate surface area is 80.7 Å². The fourth-order valence-electron chi connectivity index (χ4n) is 1.48. The van der Waals surface area contributed by atoms with Gasteiger partial charge in [0.05, 0.1) is 0 Å². The molecule has 0 heterocycles. The van der Waals surface area contributed by atoms with Crippen molar-refractivity contribution in [1.82, 2.24) is 0 Å². The molecule has 1 aromatic carbocycles. The van der Waals surface area contributed by atoms with Crippen LogP contribution in [-0.4, -0.2) is 6.18 Å². The molecule has 0 spiro atoms. The Morgan fingerprint density at radius 3 is 1.93 bits per heavy atom. The molecule has 1 aromatic rings. The quantitative estimate of drug-likeness (QED) is 0.746. The molecule has 14 heavy (non-hydrogen) atoms. The molecule has 0 amide bonds. The molecule has 1 nitrogen and oxygen atoms in total. The van der Waals surface area contributed by atoms with Gasteiger partial charge in [-0.25, -0.2) is 0 Å². The van der Waals surface area contributed by atoms with Gasteiger partial charge in [0, 0.05) is 0 Å². The van der Waals surface area contributed by atoms with E-state index in [1.807, 2.05) is 0 Å². The number of hydrogen-bond acceptors (Lipinski definition) is 1. The summed E-state index contributed by atoms with van der Waals surface area (Å²) < 4.78 is 37.1. The first-order valence-electron chi connectivity index (χ1n) is 4.22. The van der Waals surface area contributed by atoms with Crippen LogP contribution in [0.2, 0.25) is 0 Å². The number of rotatable bonds is 1. The third-order valence-corrected chi connectivity index (χ3v) is 2.21. The molecule has 1 atom stereocenters. The van der Waals surface area contributed by atoms with Crippen molar-refractivity contribution in [2.45, 2.75) is 26.1 Å². The summed E-state index contributed by atoms with van der Waals surface area (Å²) in [7, 11) is 0. The summed E-state index contributed by atoms with van der Waals surface area (Å²) in [6.45, 7) is 3.27. The van der Waals surface area contributed by atoms with Crippen LogP contribution < -0.4 is 5.73 Å². The Morgan fingerprint density at radius 1 is 1.14 bits per heavy atom. The lowest BCUT2D eigenvalue weighted by atomic mass is 9.96. The van der Waals surface area contributed by atoms with Crippen molar-refractivity contribution < 1.29 is 13.2 Å². The van der Waals surface area contributed by atoms with Gasteiger partial charge in [-0.3, -0.25) is 0 Å². The monoisotopic (exact) mass is 203 g/mol. The van der Waals surface area contributed by atoms with E-state index in [0.717, 1.165) is 0 Å². The van der Waals surface area contributed by atoms with E-state index >= 15 is 0 Å². The summed E-state index contributed by atoms with van der Waals surface area (Å²) in [4.78, 5) is 0. The molecule has 0 saturated carbocycles. The number of halogens is 3. The van der Waals surface area contributed by atoms with E-state index in [4.69, 9.17) is 5.73 Å². The summed E-state index contributed by atoms with van der Waals surface area (Å²) in [5, 5.41) is 0. The van der Waals surface area contributed by atoms with Gasteiger partial charge in [0.2, 0.25) is 0 Å². The Hall–Kier alpha value is -1.03. The van der Waals surface area contributed by atoms with Crippen LogP contribution in [0.15, 0.2) is 18.2 Å². The van der Waals surface area contributed by atoms with Crippen LogP contribution in [0.1, 0.15) is 22.7 Å². The number of benzene rings is 1. The molecule has 0 aliphatic rings. The fourth-order valence-corrected chi connectivity index (χ4v) is 1.48. The zero-order chi connectivity index (χ0) is 10.9. The summed E-state index contributed by atoms with van der Waals surface area (Å²) in [6, 6.07) is 3.10. The van der Waals surface area contributed by atoms with Gasteiger partial charge < -0.3 is 5.73 Å². The van der Waals surface area contributed by atoms with Gasteiger partial charge in [-0.05, 0) is 30.5 Å². The van der Waals surface area contributed by atoms with Crippen LogP contribution in [0.5, 0.6) is 0 Å². The molecule has 2 N–H and O–H groups in total. The maximum Gasteiger partial charge on any atom is 0.407 e. The highest BCUT2D eigenvalue weighted by molar-refractivity contribution is 5.36.